The van der Waals surface area contributed by atoms with E-state index in [1.165, 1.54) is 6.42 Å². The number of para-hydroxylation sites is 1. The second kappa shape index (κ2) is 16.8. The van der Waals surface area contributed by atoms with Gasteiger partial charge in [-0.05, 0) is 86.2 Å². The van der Waals surface area contributed by atoms with Gasteiger partial charge in [0.05, 0.1) is 11.6 Å². The first-order chi connectivity index (χ1) is 25.1. The van der Waals surface area contributed by atoms with E-state index in [0.717, 1.165) is 49.0 Å². The zero-order chi connectivity index (χ0) is 36.7. The Labute approximate surface area is 312 Å². The third-order valence-electron chi connectivity index (χ3n) is 10.6. The van der Waals surface area contributed by atoms with Gasteiger partial charge in [-0.1, -0.05) is 80.3 Å². The maximum absolute atomic E-state index is 14.3. The summed E-state index contributed by atoms with van der Waals surface area (Å²) in [7, 11) is -4.07. The molecule has 0 radical (unpaired) electrons. The first-order valence-corrected chi connectivity index (χ1v) is 20.2. The van der Waals surface area contributed by atoms with Crippen molar-refractivity contribution in [3.05, 3.63) is 95.0 Å². The average molecular weight is 749 g/mol. The molecule has 2 heterocycles. The van der Waals surface area contributed by atoms with Gasteiger partial charge in [-0.25, -0.2) is 8.42 Å². The fourth-order valence-corrected chi connectivity index (χ4v) is 9.00. The van der Waals surface area contributed by atoms with Gasteiger partial charge in [-0.15, -0.1) is 0 Å². The van der Waals surface area contributed by atoms with Crippen molar-refractivity contribution in [1.29, 1.82) is 0 Å². The predicted octanol–water partition coefficient (Wildman–Crippen LogP) is 4.46. The molecule has 52 heavy (non-hydrogen) atoms. The van der Waals surface area contributed by atoms with Crippen molar-refractivity contribution in [3.63, 3.8) is 0 Å². The van der Waals surface area contributed by atoms with Gasteiger partial charge in [0, 0.05) is 36.4 Å². The third-order valence-corrected chi connectivity index (χ3v) is 12.3. The van der Waals surface area contributed by atoms with E-state index in [1.807, 2.05) is 37.3 Å². The molecule has 3 aromatic carbocycles. The summed E-state index contributed by atoms with van der Waals surface area (Å²) in [6, 6.07) is 22.4. The van der Waals surface area contributed by atoms with E-state index in [0.29, 0.717) is 24.4 Å². The summed E-state index contributed by atoms with van der Waals surface area (Å²) >= 11 is 6.12. The van der Waals surface area contributed by atoms with E-state index < -0.39 is 21.6 Å². The second-order valence-electron chi connectivity index (χ2n) is 14.1. The molecule has 1 aliphatic carbocycles. The van der Waals surface area contributed by atoms with Crippen molar-refractivity contribution in [2.24, 2.45) is 0 Å². The Hall–Kier alpha value is -3.97. The molecule has 1 saturated carbocycles. The largest absolute Gasteiger partial charge is 0.352 e. The third kappa shape index (κ3) is 8.79. The molecule has 0 unspecified atom stereocenters. The van der Waals surface area contributed by atoms with Crippen molar-refractivity contribution >= 4 is 45.0 Å². The van der Waals surface area contributed by atoms with Crippen LogP contribution in [0, 0.1) is 0 Å². The first kappa shape index (κ1) is 37.8. The van der Waals surface area contributed by atoms with Crippen LogP contribution in [0.3, 0.4) is 0 Å². The number of sulfonamides is 1. The summed E-state index contributed by atoms with van der Waals surface area (Å²) in [5, 5.41) is 6.90. The molecule has 278 valence electrons. The zero-order valence-corrected chi connectivity index (χ0v) is 31.3. The lowest BCUT2D eigenvalue weighted by Crippen LogP contribution is -2.59. The van der Waals surface area contributed by atoms with Crippen LogP contribution in [-0.2, 0) is 37.4 Å². The first-order valence-electron chi connectivity index (χ1n) is 18.3. The van der Waals surface area contributed by atoms with E-state index in [1.54, 1.807) is 58.3 Å². The summed E-state index contributed by atoms with van der Waals surface area (Å²) in [5.41, 5.74) is 1.63. The van der Waals surface area contributed by atoms with Gasteiger partial charge in [0.25, 0.3) is 5.91 Å². The normalized spacial score (nSPS) is 18.5. The summed E-state index contributed by atoms with van der Waals surface area (Å²) in [5.74, 6) is -0.640. The number of benzene rings is 3. The Balaban J connectivity index is 1.19. The molecule has 2 saturated heterocycles. The molecule has 3 amide bonds. The highest BCUT2D eigenvalue weighted by molar-refractivity contribution is 7.89. The number of piperidine rings is 1. The van der Waals surface area contributed by atoms with Gasteiger partial charge in [0.1, 0.15) is 18.1 Å². The lowest BCUT2D eigenvalue weighted by Gasteiger charge is -2.44. The number of nitrogens with one attached hydrogen (secondary N) is 3. The second-order valence-corrected chi connectivity index (χ2v) is 16.2. The van der Waals surface area contributed by atoms with Crippen LogP contribution in [0.4, 0.5) is 5.69 Å². The van der Waals surface area contributed by atoms with Crippen molar-refractivity contribution in [2.75, 3.05) is 37.7 Å². The van der Waals surface area contributed by atoms with Crippen molar-refractivity contribution < 1.29 is 22.8 Å². The molecule has 1 atom stereocenters. The number of hydrogen-bond acceptors (Lipinski definition) is 7. The SMILES string of the molecule is CCNCc1ccc(S(=O)(=O)N[C@H](Cc2ccc(Cl)cc2)C(=O)N2CCC3(CC2)C(=O)N(CC(=O)NC2CCCCC2)CN3c2ccccc2)cc1. The van der Waals surface area contributed by atoms with E-state index in [9.17, 15) is 22.8 Å². The number of likely N-dealkylation sites (tertiary alicyclic amines) is 1. The highest BCUT2D eigenvalue weighted by Crippen LogP contribution is 2.39. The van der Waals surface area contributed by atoms with E-state index >= 15 is 0 Å². The van der Waals surface area contributed by atoms with Crippen LogP contribution in [0.5, 0.6) is 0 Å². The number of anilines is 1. The number of nitrogens with zero attached hydrogens (tertiary/aromatic N) is 3. The van der Waals surface area contributed by atoms with Crippen LogP contribution in [0.15, 0.2) is 83.8 Å². The molecule has 3 N–H and O–H groups in total. The topological polar surface area (TPSA) is 131 Å². The van der Waals surface area contributed by atoms with Gasteiger partial charge in [-0.3, -0.25) is 14.4 Å². The minimum absolute atomic E-state index is 0.0237. The summed E-state index contributed by atoms with van der Waals surface area (Å²) < 4.78 is 30.1. The summed E-state index contributed by atoms with van der Waals surface area (Å²) in [6.45, 7) is 4.14. The number of hydrogen-bond donors (Lipinski definition) is 3. The Kier molecular flexibility index (Phi) is 12.2. The van der Waals surface area contributed by atoms with Crippen molar-refractivity contribution in [3.8, 4) is 0 Å². The highest BCUT2D eigenvalue weighted by Gasteiger charge is 2.54. The molecule has 3 aromatic rings. The minimum Gasteiger partial charge on any atom is -0.352 e. The molecule has 13 heteroatoms. The number of rotatable bonds is 13. The van der Waals surface area contributed by atoms with Gasteiger partial charge in [-0.2, -0.15) is 4.72 Å². The summed E-state index contributed by atoms with van der Waals surface area (Å²) in [4.78, 5) is 47.2. The smallest absolute Gasteiger partial charge is 0.250 e. The standard InChI is InChI=1S/C39H49ClN6O5S/c1-2-41-26-30-15-19-34(20-16-30)52(50,51)43-35(25-29-13-17-31(40)18-14-29)37(48)44-23-21-39(22-24-44)38(49)45(28-46(39)33-11-7-4-8-12-33)27-36(47)42-32-9-5-3-6-10-32/h4,7-8,11-20,32,35,41,43H,2-3,5-6,9-10,21-28H2,1H3,(H,42,47)/t35-/m1/s1. The van der Waals surface area contributed by atoms with E-state index in [2.05, 4.69) is 20.3 Å². The van der Waals surface area contributed by atoms with Crippen LogP contribution in [-0.4, -0.2) is 86.4 Å². The van der Waals surface area contributed by atoms with Crippen LogP contribution in [0.2, 0.25) is 5.02 Å². The van der Waals surface area contributed by atoms with Gasteiger partial charge < -0.3 is 25.3 Å². The maximum Gasteiger partial charge on any atom is 0.250 e. The molecular formula is C39H49ClN6O5S. The molecule has 3 aliphatic rings. The Morgan fingerprint density at radius 2 is 1.56 bits per heavy atom. The van der Waals surface area contributed by atoms with Crippen LogP contribution >= 0.6 is 11.6 Å². The number of amides is 3. The number of halogens is 1. The monoisotopic (exact) mass is 748 g/mol. The van der Waals surface area contributed by atoms with Gasteiger partial charge in [0.2, 0.25) is 21.8 Å². The van der Waals surface area contributed by atoms with Crippen molar-refractivity contribution in [1.82, 2.24) is 25.2 Å². The molecule has 1 spiro atoms. The quantitative estimate of drug-likeness (QED) is 0.236. The Morgan fingerprint density at radius 1 is 0.904 bits per heavy atom. The number of carbonyl (C=O) groups excluding carboxylic acids is 3. The fourth-order valence-electron chi connectivity index (χ4n) is 7.68. The molecular weight excluding hydrogens is 700 g/mol. The molecule has 0 aromatic heterocycles. The zero-order valence-electron chi connectivity index (χ0n) is 29.7. The molecule has 2 aliphatic heterocycles. The lowest BCUT2D eigenvalue weighted by atomic mass is 9.85. The maximum atomic E-state index is 14.3. The van der Waals surface area contributed by atoms with Crippen molar-refractivity contribution in [2.45, 2.75) is 87.4 Å². The average Bonchev–Trinajstić information content (AvgIpc) is 3.41. The Morgan fingerprint density at radius 3 is 2.21 bits per heavy atom. The van der Waals surface area contributed by atoms with Crippen LogP contribution < -0.4 is 20.3 Å². The molecule has 0 bridgehead atoms. The minimum atomic E-state index is -4.07. The number of carbonyl (C=O) groups is 3. The predicted molar refractivity (Wildman–Crippen MR) is 202 cm³/mol. The lowest BCUT2D eigenvalue weighted by molar-refractivity contribution is -0.140. The van der Waals surface area contributed by atoms with Gasteiger partial charge >= 0.3 is 0 Å². The summed E-state index contributed by atoms with van der Waals surface area (Å²) in [6.07, 6.45) is 6.09. The van der Waals surface area contributed by atoms with Gasteiger partial charge in [0.15, 0.2) is 0 Å². The molecule has 3 fully saturated rings. The molecule has 11 nitrogen and oxygen atoms in total. The van der Waals surface area contributed by atoms with E-state index in [-0.39, 0.29) is 61.4 Å². The highest BCUT2D eigenvalue weighted by atomic mass is 35.5. The Bertz CT molecular complexity index is 1790. The van der Waals surface area contributed by atoms with Crippen LogP contribution in [0.1, 0.15) is 63.0 Å². The van der Waals surface area contributed by atoms with Crippen LogP contribution in [0.25, 0.3) is 0 Å². The fraction of sp³-hybridized carbons (Fsp3) is 0.462. The molecule has 6 rings (SSSR count). The van der Waals surface area contributed by atoms with E-state index in [4.69, 9.17) is 11.6 Å².